The molecule has 0 aromatic heterocycles. The van der Waals surface area contributed by atoms with Crippen LogP contribution in [0.25, 0.3) is 0 Å². The van der Waals surface area contributed by atoms with E-state index in [-0.39, 0.29) is 18.0 Å². The van der Waals surface area contributed by atoms with Crippen LogP contribution in [0.1, 0.15) is 187 Å². The molecule has 4 N–H and O–H groups in total. The number of carbonyl (C=O) groups is 3. The Labute approximate surface area is 283 Å². The second-order valence-corrected chi connectivity index (χ2v) is 13.0. The molecule has 7 heteroatoms. The van der Waals surface area contributed by atoms with Gasteiger partial charge in [-0.05, 0) is 64.0 Å². The minimum atomic E-state index is -1.02. The van der Waals surface area contributed by atoms with Gasteiger partial charge in [0.25, 0.3) is 0 Å². The quantitative estimate of drug-likeness (QED) is 0.0363. The minimum absolute atomic E-state index is 0.105. The number of unbranched alkanes of at least 4 members (excludes halogenated alkanes) is 18. The molecule has 46 heavy (non-hydrogen) atoms. The Bertz CT molecular complexity index is 782. The lowest BCUT2D eigenvalue weighted by Crippen LogP contribution is -2.40. The number of ether oxygens (including phenoxy) is 1. The number of amides is 1. The molecule has 0 saturated heterocycles. The van der Waals surface area contributed by atoms with E-state index in [9.17, 15) is 19.5 Å². The molecule has 0 saturated carbocycles. The fourth-order valence-corrected chi connectivity index (χ4v) is 5.56. The number of carboxylic acids is 1. The zero-order valence-electron chi connectivity index (χ0n) is 29.9. The van der Waals surface area contributed by atoms with E-state index in [0.29, 0.717) is 38.6 Å². The Balaban J connectivity index is 4.27. The third kappa shape index (κ3) is 30.5. The smallest absolute Gasteiger partial charge is 0.326 e. The molecule has 2 unspecified atom stereocenters. The van der Waals surface area contributed by atoms with Crippen LogP contribution in [0.3, 0.4) is 0 Å². The van der Waals surface area contributed by atoms with Crippen LogP contribution in [-0.2, 0) is 19.1 Å². The molecule has 268 valence electrons. The van der Waals surface area contributed by atoms with E-state index in [1.165, 1.54) is 89.9 Å². The van der Waals surface area contributed by atoms with Crippen molar-refractivity contribution in [2.75, 3.05) is 6.54 Å². The van der Waals surface area contributed by atoms with Gasteiger partial charge in [0.05, 0.1) is 0 Å². The topological polar surface area (TPSA) is 119 Å². The van der Waals surface area contributed by atoms with Crippen LogP contribution in [0.5, 0.6) is 0 Å². The fourth-order valence-electron chi connectivity index (χ4n) is 5.56. The lowest BCUT2D eigenvalue weighted by Gasteiger charge is -2.15. The van der Waals surface area contributed by atoms with Crippen molar-refractivity contribution >= 4 is 17.8 Å². The van der Waals surface area contributed by atoms with Gasteiger partial charge in [-0.15, -0.1) is 0 Å². The Morgan fingerprint density at radius 1 is 0.652 bits per heavy atom. The second-order valence-electron chi connectivity index (χ2n) is 13.0. The number of carboxylic acid groups (broad SMARTS) is 1. The molecular weight excluding hydrogens is 576 g/mol. The van der Waals surface area contributed by atoms with Gasteiger partial charge in [-0.3, -0.25) is 9.59 Å². The molecule has 0 aromatic carbocycles. The zero-order chi connectivity index (χ0) is 33.9. The van der Waals surface area contributed by atoms with Crippen molar-refractivity contribution in [3.63, 3.8) is 0 Å². The SMILES string of the molecule is CCCC/C=C\C/C=C\C(CCCCCCC(=O)NC(CCCN)C(=O)O)OC(=O)CCCCCCCCCCCCCCCC. The molecule has 2 atom stereocenters. The Kier molecular flexibility index (Phi) is 32.6. The van der Waals surface area contributed by atoms with Crippen molar-refractivity contribution in [3.05, 3.63) is 24.3 Å². The van der Waals surface area contributed by atoms with Crippen LogP contribution in [0.15, 0.2) is 24.3 Å². The van der Waals surface area contributed by atoms with Crippen LogP contribution in [0.2, 0.25) is 0 Å². The first-order valence-electron chi connectivity index (χ1n) is 19.2. The van der Waals surface area contributed by atoms with E-state index in [1.807, 2.05) is 6.08 Å². The summed E-state index contributed by atoms with van der Waals surface area (Å²) in [4.78, 5) is 36.1. The Morgan fingerprint density at radius 3 is 1.76 bits per heavy atom. The highest BCUT2D eigenvalue weighted by Gasteiger charge is 2.19. The average molecular weight is 649 g/mol. The Morgan fingerprint density at radius 2 is 1.20 bits per heavy atom. The maximum Gasteiger partial charge on any atom is 0.326 e. The van der Waals surface area contributed by atoms with Crippen molar-refractivity contribution in [1.82, 2.24) is 5.32 Å². The number of carbonyl (C=O) groups excluding carboxylic acids is 2. The Hall–Kier alpha value is -2.15. The number of allylic oxidation sites excluding steroid dienone is 3. The predicted molar refractivity (Wildman–Crippen MR) is 193 cm³/mol. The molecule has 0 aromatic rings. The third-order valence-electron chi connectivity index (χ3n) is 8.50. The van der Waals surface area contributed by atoms with E-state index in [1.54, 1.807) is 0 Å². The minimum Gasteiger partial charge on any atom is -0.480 e. The average Bonchev–Trinajstić information content (AvgIpc) is 3.03. The fraction of sp³-hybridized carbons (Fsp3) is 0.821. The zero-order valence-corrected chi connectivity index (χ0v) is 29.9. The summed E-state index contributed by atoms with van der Waals surface area (Å²) in [5.41, 5.74) is 5.47. The van der Waals surface area contributed by atoms with Gasteiger partial charge in [0.2, 0.25) is 5.91 Å². The molecule has 0 aliphatic carbocycles. The highest BCUT2D eigenvalue weighted by molar-refractivity contribution is 5.83. The van der Waals surface area contributed by atoms with Crippen LogP contribution in [0.4, 0.5) is 0 Å². The van der Waals surface area contributed by atoms with Gasteiger partial charge in [0.15, 0.2) is 0 Å². The number of rotatable bonds is 34. The van der Waals surface area contributed by atoms with E-state index in [0.717, 1.165) is 51.4 Å². The van der Waals surface area contributed by atoms with Crippen LogP contribution < -0.4 is 11.1 Å². The maximum atomic E-state index is 12.6. The van der Waals surface area contributed by atoms with E-state index >= 15 is 0 Å². The van der Waals surface area contributed by atoms with Gasteiger partial charge in [0.1, 0.15) is 12.1 Å². The first-order valence-corrected chi connectivity index (χ1v) is 19.2. The summed E-state index contributed by atoms with van der Waals surface area (Å²) in [7, 11) is 0. The second kappa shape index (κ2) is 34.2. The summed E-state index contributed by atoms with van der Waals surface area (Å²) in [5.74, 6) is -1.35. The summed E-state index contributed by atoms with van der Waals surface area (Å²) in [5, 5.41) is 11.9. The lowest BCUT2D eigenvalue weighted by atomic mass is 10.0. The molecule has 0 radical (unpaired) electrons. The number of hydrogen-bond acceptors (Lipinski definition) is 5. The van der Waals surface area contributed by atoms with Crippen LogP contribution >= 0.6 is 0 Å². The molecule has 0 fully saturated rings. The van der Waals surface area contributed by atoms with Crippen molar-refractivity contribution < 1.29 is 24.2 Å². The number of aliphatic carboxylic acids is 1. The van der Waals surface area contributed by atoms with E-state index < -0.39 is 12.0 Å². The molecule has 0 heterocycles. The number of nitrogens with one attached hydrogen (secondary N) is 1. The molecule has 0 bridgehead atoms. The number of esters is 1. The van der Waals surface area contributed by atoms with E-state index in [2.05, 4.69) is 37.4 Å². The van der Waals surface area contributed by atoms with Crippen molar-refractivity contribution in [2.45, 2.75) is 199 Å². The summed E-state index contributed by atoms with van der Waals surface area (Å²) in [6.45, 7) is 4.87. The largest absolute Gasteiger partial charge is 0.480 e. The van der Waals surface area contributed by atoms with Gasteiger partial charge >= 0.3 is 11.9 Å². The molecule has 0 spiro atoms. The van der Waals surface area contributed by atoms with Gasteiger partial charge in [-0.2, -0.15) is 0 Å². The molecular formula is C39H72N2O5. The first-order chi connectivity index (χ1) is 22.4. The van der Waals surface area contributed by atoms with Gasteiger partial charge in [0, 0.05) is 12.8 Å². The normalized spacial score (nSPS) is 12.9. The molecule has 0 rings (SSSR count). The predicted octanol–water partition coefficient (Wildman–Crippen LogP) is 10.1. The van der Waals surface area contributed by atoms with Gasteiger partial charge in [-0.1, -0.05) is 141 Å². The van der Waals surface area contributed by atoms with Crippen LogP contribution in [0, 0.1) is 0 Å². The van der Waals surface area contributed by atoms with Crippen molar-refractivity contribution in [3.8, 4) is 0 Å². The highest BCUT2D eigenvalue weighted by Crippen LogP contribution is 2.16. The number of hydrogen-bond donors (Lipinski definition) is 3. The van der Waals surface area contributed by atoms with Gasteiger partial charge < -0.3 is 20.9 Å². The standard InChI is InChI=1S/C39H72N2O5/c1-3-5-7-9-11-12-13-14-15-16-17-19-21-27-33-38(43)46-35(29-24-20-18-10-8-6-4-2)30-25-22-23-26-32-37(42)41-36(39(44)45)31-28-34-40/h10,18,24,29,35-36H,3-9,11-17,19-23,25-28,30-34,40H2,1-2H3,(H,41,42)(H,44,45)/b18-10-,29-24-. The third-order valence-corrected chi connectivity index (χ3v) is 8.50. The monoisotopic (exact) mass is 649 g/mol. The summed E-state index contributed by atoms with van der Waals surface area (Å²) >= 11 is 0. The summed E-state index contributed by atoms with van der Waals surface area (Å²) in [6, 6.07) is -0.871. The van der Waals surface area contributed by atoms with Crippen molar-refractivity contribution in [1.29, 1.82) is 0 Å². The number of nitrogens with two attached hydrogens (primary N) is 1. The first kappa shape index (κ1) is 43.9. The van der Waals surface area contributed by atoms with Crippen molar-refractivity contribution in [2.24, 2.45) is 5.73 Å². The molecule has 1 amide bonds. The molecule has 0 aliphatic rings. The highest BCUT2D eigenvalue weighted by atomic mass is 16.5. The molecule has 0 aliphatic heterocycles. The maximum absolute atomic E-state index is 12.6. The lowest BCUT2D eigenvalue weighted by molar-refractivity contribution is -0.147. The van der Waals surface area contributed by atoms with Gasteiger partial charge in [-0.25, -0.2) is 4.79 Å². The summed E-state index contributed by atoms with van der Waals surface area (Å²) < 4.78 is 5.87. The van der Waals surface area contributed by atoms with Crippen LogP contribution in [-0.4, -0.2) is 41.6 Å². The molecule has 7 nitrogen and oxygen atoms in total. The summed E-state index contributed by atoms with van der Waals surface area (Å²) in [6.07, 6.45) is 36.7. The van der Waals surface area contributed by atoms with E-state index in [4.69, 9.17) is 10.5 Å².